The maximum atomic E-state index is 11.8. The molecule has 1 aromatic rings. The second-order valence-corrected chi connectivity index (χ2v) is 6.22. The lowest BCUT2D eigenvalue weighted by atomic mass is 9.89. The fourth-order valence-electron chi connectivity index (χ4n) is 2.27. The molecule has 0 saturated heterocycles. The van der Waals surface area contributed by atoms with Crippen LogP contribution in [-0.4, -0.2) is 24.5 Å². The number of ketones is 1. The van der Waals surface area contributed by atoms with Crippen molar-refractivity contribution in [2.24, 2.45) is 0 Å². The van der Waals surface area contributed by atoms with E-state index in [0.29, 0.717) is 5.56 Å². The standard InChI is InChI=1S/C13H16O4S/c14-13(7-8-18(15,16)17)12-6-5-10-3-1-2-4-11(10)9-12/h5-6,9H,1-4,7-8H2,(H,15,16,17). The van der Waals surface area contributed by atoms with Crippen LogP contribution in [0.1, 0.15) is 40.7 Å². The lowest BCUT2D eigenvalue weighted by Gasteiger charge is -2.16. The molecular formula is C13H16O4S. The first-order valence-electron chi connectivity index (χ1n) is 6.06. The predicted octanol–water partition coefficient (Wildman–Crippen LogP) is 2.03. The molecule has 0 amide bonds. The molecule has 4 nitrogen and oxygen atoms in total. The average Bonchev–Trinajstić information content (AvgIpc) is 2.34. The van der Waals surface area contributed by atoms with Crippen LogP contribution in [0.3, 0.4) is 0 Å². The van der Waals surface area contributed by atoms with Gasteiger partial charge in [-0.1, -0.05) is 12.1 Å². The highest BCUT2D eigenvalue weighted by Crippen LogP contribution is 2.22. The summed E-state index contributed by atoms with van der Waals surface area (Å²) in [6, 6.07) is 5.56. The average molecular weight is 268 g/mol. The maximum Gasteiger partial charge on any atom is 0.265 e. The molecule has 1 N–H and O–H groups in total. The predicted molar refractivity (Wildman–Crippen MR) is 68.4 cm³/mol. The number of Topliss-reactive ketones (excluding diaryl/α,β-unsaturated/α-hetero) is 1. The fraction of sp³-hybridized carbons (Fsp3) is 0.462. The zero-order chi connectivity index (χ0) is 13.2. The van der Waals surface area contributed by atoms with Gasteiger partial charge in [0.2, 0.25) is 0 Å². The number of carbonyl (C=O) groups excluding carboxylic acids is 1. The van der Waals surface area contributed by atoms with Crippen LogP contribution >= 0.6 is 0 Å². The molecule has 1 aromatic carbocycles. The van der Waals surface area contributed by atoms with Crippen LogP contribution in [0.25, 0.3) is 0 Å². The highest BCUT2D eigenvalue weighted by atomic mass is 32.2. The van der Waals surface area contributed by atoms with Crippen LogP contribution in [0.4, 0.5) is 0 Å². The van der Waals surface area contributed by atoms with Gasteiger partial charge in [0.05, 0.1) is 5.75 Å². The summed E-state index contributed by atoms with van der Waals surface area (Å²) in [6.45, 7) is 0. The van der Waals surface area contributed by atoms with Gasteiger partial charge in [0.25, 0.3) is 10.1 Å². The summed E-state index contributed by atoms with van der Waals surface area (Å²) in [4.78, 5) is 11.8. The quantitative estimate of drug-likeness (QED) is 0.670. The van der Waals surface area contributed by atoms with Crippen molar-refractivity contribution in [2.75, 3.05) is 5.75 Å². The van der Waals surface area contributed by atoms with Crippen LogP contribution in [0.5, 0.6) is 0 Å². The number of aryl methyl sites for hydroxylation is 2. The van der Waals surface area contributed by atoms with Crippen LogP contribution in [0.15, 0.2) is 18.2 Å². The number of hydrogen-bond acceptors (Lipinski definition) is 3. The molecule has 0 radical (unpaired) electrons. The highest BCUT2D eigenvalue weighted by molar-refractivity contribution is 7.85. The molecule has 2 rings (SSSR count). The molecular weight excluding hydrogens is 252 g/mol. The van der Waals surface area contributed by atoms with Gasteiger partial charge in [-0.25, -0.2) is 0 Å². The zero-order valence-electron chi connectivity index (χ0n) is 10.1. The third kappa shape index (κ3) is 3.40. The van der Waals surface area contributed by atoms with Gasteiger partial charge in [-0.3, -0.25) is 9.35 Å². The monoisotopic (exact) mass is 268 g/mol. The molecule has 0 spiro atoms. The van der Waals surface area contributed by atoms with E-state index in [1.807, 2.05) is 12.1 Å². The Labute approximate surface area is 107 Å². The van der Waals surface area contributed by atoms with Crippen molar-refractivity contribution in [3.63, 3.8) is 0 Å². The molecule has 18 heavy (non-hydrogen) atoms. The number of rotatable bonds is 4. The Morgan fingerprint density at radius 3 is 2.50 bits per heavy atom. The van der Waals surface area contributed by atoms with Gasteiger partial charge < -0.3 is 0 Å². The zero-order valence-corrected chi connectivity index (χ0v) is 10.9. The lowest BCUT2D eigenvalue weighted by Crippen LogP contribution is -2.11. The minimum absolute atomic E-state index is 0.169. The molecule has 5 heteroatoms. The SMILES string of the molecule is O=C(CCS(=O)(=O)O)c1ccc2c(c1)CCCC2. The smallest absolute Gasteiger partial charge is 0.265 e. The summed E-state index contributed by atoms with van der Waals surface area (Å²) in [6.07, 6.45) is 4.18. The second kappa shape index (κ2) is 5.20. The van der Waals surface area contributed by atoms with Gasteiger partial charge in [0, 0.05) is 12.0 Å². The van der Waals surface area contributed by atoms with E-state index >= 15 is 0 Å². The third-order valence-corrected chi connectivity index (χ3v) is 3.98. The van der Waals surface area contributed by atoms with Gasteiger partial charge in [-0.05, 0) is 42.9 Å². The van der Waals surface area contributed by atoms with Crippen molar-refractivity contribution < 1.29 is 17.8 Å². The Bertz CT molecular complexity index is 560. The van der Waals surface area contributed by atoms with Crippen LogP contribution in [-0.2, 0) is 23.0 Å². The number of carbonyl (C=O) groups is 1. The van der Waals surface area contributed by atoms with Gasteiger partial charge in [-0.2, -0.15) is 8.42 Å². The van der Waals surface area contributed by atoms with E-state index in [9.17, 15) is 13.2 Å². The van der Waals surface area contributed by atoms with Crippen molar-refractivity contribution in [2.45, 2.75) is 32.1 Å². The molecule has 1 aliphatic carbocycles. The van der Waals surface area contributed by atoms with Crippen LogP contribution in [0, 0.1) is 0 Å². The third-order valence-electron chi connectivity index (χ3n) is 3.26. The summed E-state index contributed by atoms with van der Waals surface area (Å²) < 4.78 is 29.8. The maximum absolute atomic E-state index is 11.8. The van der Waals surface area contributed by atoms with E-state index in [1.54, 1.807) is 6.07 Å². The van der Waals surface area contributed by atoms with Gasteiger partial charge in [-0.15, -0.1) is 0 Å². The summed E-state index contributed by atoms with van der Waals surface area (Å²) >= 11 is 0. The van der Waals surface area contributed by atoms with E-state index < -0.39 is 15.9 Å². The van der Waals surface area contributed by atoms with E-state index in [4.69, 9.17) is 4.55 Å². The Hall–Kier alpha value is -1.20. The molecule has 0 fully saturated rings. The van der Waals surface area contributed by atoms with E-state index in [1.165, 1.54) is 17.5 Å². The van der Waals surface area contributed by atoms with E-state index in [2.05, 4.69) is 0 Å². The number of fused-ring (bicyclic) bond motifs is 1. The molecule has 98 valence electrons. The van der Waals surface area contributed by atoms with Crippen molar-refractivity contribution >= 4 is 15.9 Å². The van der Waals surface area contributed by atoms with Crippen molar-refractivity contribution in [1.29, 1.82) is 0 Å². The molecule has 1 aliphatic rings. The molecule has 0 bridgehead atoms. The highest BCUT2D eigenvalue weighted by Gasteiger charge is 2.15. The van der Waals surface area contributed by atoms with Crippen molar-refractivity contribution in [1.82, 2.24) is 0 Å². The van der Waals surface area contributed by atoms with Gasteiger partial charge in [0.1, 0.15) is 0 Å². The van der Waals surface area contributed by atoms with Gasteiger partial charge in [0.15, 0.2) is 5.78 Å². The Balaban J connectivity index is 2.11. The lowest BCUT2D eigenvalue weighted by molar-refractivity contribution is 0.0988. The first-order valence-corrected chi connectivity index (χ1v) is 7.67. The van der Waals surface area contributed by atoms with E-state index in [-0.39, 0.29) is 12.2 Å². The fourth-order valence-corrected chi connectivity index (χ4v) is 2.72. The Morgan fingerprint density at radius 1 is 1.17 bits per heavy atom. The normalized spacial score (nSPS) is 15.2. The molecule has 0 aliphatic heterocycles. The largest absolute Gasteiger partial charge is 0.294 e. The minimum atomic E-state index is -4.07. The minimum Gasteiger partial charge on any atom is -0.294 e. The topological polar surface area (TPSA) is 71.4 Å². The summed E-state index contributed by atoms with van der Waals surface area (Å²) in [5.74, 6) is -0.746. The van der Waals surface area contributed by atoms with Crippen LogP contribution < -0.4 is 0 Å². The first kappa shape index (κ1) is 13.2. The number of benzene rings is 1. The molecule has 0 unspecified atom stereocenters. The van der Waals surface area contributed by atoms with E-state index in [0.717, 1.165) is 19.3 Å². The molecule has 0 saturated carbocycles. The van der Waals surface area contributed by atoms with Crippen LogP contribution in [0.2, 0.25) is 0 Å². The molecule has 0 aromatic heterocycles. The van der Waals surface area contributed by atoms with Crippen molar-refractivity contribution in [3.8, 4) is 0 Å². The van der Waals surface area contributed by atoms with Gasteiger partial charge >= 0.3 is 0 Å². The Kier molecular flexibility index (Phi) is 3.82. The number of hydrogen-bond donors (Lipinski definition) is 1. The summed E-state index contributed by atoms with van der Waals surface area (Å²) in [5.41, 5.74) is 3.02. The second-order valence-electron chi connectivity index (χ2n) is 4.65. The molecule has 0 heterocycles. The Morgan fingerprint density at radius 2 is 1.83 bits per heavy atom. The summed E-state index contributed by atoms with van der Waals surface area (Å²) in [7, 11) is -4.07. The summed E-state index contributed by atoms with van der Waals surface area (Å²) in [5, 5.41) is 0. The first-order chi connectivity index (χ1) is 8.46. The van der Waals surface area contributed by atoms with Crippen molar-refractivity contribution in [3.05, 3.63) is 34.9 Å². The molecule has 0 atom stereocenters.